The van der Waals surface area contributed by atoms with Crippen LogP contribution in [0.5, 0.6) is 0 Å². The van der Waals surface area contributed by atoms with E-state index in [0.717, 1.165) is 12.3 Å². The maximum atomic E-state index is 14.5. The lowest BCUT2D eigenvalue weighted by Crippen LogP contribution is -2.70. The summed E-state index contributed by atoms with van der Waals surface area (Å²) in [5.41, 5.74) is -0.720. The van der Waals surface area contributed by atoms with Crippen molar-refractivity contribution in [3.05, 3.63) is 53.5 Å². The molecule has 1 N–H and O–H groups in total. The molecule has 4 heterocycles. The molecule has 4 radical (unpaired) electrons. The molecule has 39 heavy (non-hydrogen) atoms. The quantitative estimate of drug-likeness (QED) is 0.387. The van der Waals surface area contributed by atoms with Crippen LogP contribution >= 0.6 is 0 Å². The molecule has 1 fully saturated rings. The van der Waals surface area contributed by atoms with Crippen molar-refractivity contribution in [1.82, 2.24) is 29.6 Å². The van der Waals surface area contributed by atoms with Gasteiger partial charge in [0.1, 0.15) is 12.4 Å². The van der Waals surface area contributed by atoms with Crippen LogP contribution in [0.2, 0.25) is 0 Å². The number of aromatic nitrogens is 5. The molecule has 9 nitrogen and oxygen atoms in total. The van der Waals surface area contributed by atoms with Crippen molar-refractivity contribution in [3.63, 3.8) is 0 Å². The van der Waals surface area contributed by atoms with Crippen LogP contribution in [0.3, 0.4) is 0 Å². The Morgan fingerprint density at radius 1 is 1.15 bits per heavy atom. The van der Waals surface area contributed by atoms with Crippen LogP contribution in [-0.2, 0) is 18.0 Å². The van der Waals surface area contributed by atoms with E-state index in [2.05, 4.69) is 25.4 Å². The Morgan fingerprint density at radius 3 is 2.36 bits per heavy atom. The molecule has 0 spiro atoms. The Labute approximate surface area is 220 Å². The summed E-state index contributed by atoms with van der Waals surface area (Å²) in [5.74, 6) is -2.13. The highest BCUT2D eigenvalue weighted by Gasteiger charge is 2.52. The minimum absolute atomic E-state index is 0.151. The normalized spacial score (nSPS) is 19.7. The lowest BCUT2D eigenvalue weighted by atomic mass is 9.56. The molecule has 3 aromatic rings. The van der Waals surface area contributed by atoms with Gasteiger partial charge in [-0.05, 0) is 31.3 Å². The van der Waals surface area contributed by atoms with Crippen LogP contribution in [0.15, 0.2) is 30.7 Å². The number of anilines is 1. The number of morpholine rings is 1. The van der Waals surface area contributed by atoms with E-state index in [0.29, 0.717) is 23.0 Å². The zero-order valence-corrected chi connectivity index (χ0v) is 20.7. The first-order chi connectivity index (χ1) is 18.0. The van der Waals surface area contributed by atoms with Gasteiger partial charge in [0.05, 0.1) is 50.9 Å². The predicted molar refractivity (Wildman–Crippen MR) is 126 cm³/mol. The molecule has 0 bridgehead atoms. The Balaban J connectivity index is 1.73. The molecule has 17 heteroatoms. The van der Waals surface area contributed by atoms with Gasteiger partial charge in [-0.3, -0.25) is 14.5 Å². The standard InChI is InChI=1S/C22H19B2F6N7O2/c1-10-15(14-5-4-13(25)8-31-14)16(35-36(10)3)18(38)37-9-20(26,27)39-11(2)17(37)21(23,24)34-19-32-6-12(7-33-19)22(28,29)30/h4-8,11,17H,9H2,1-3H3,(H,32,33,34). The SMILES string of the molecule is [B]C([B])(Nc1ncc(C(F)(F)F)cn1)C1C(C)OC(F)(F)CN1C(=O)c1nn(C)c(C)c1-c1ccc(F)cn1. The van der Waals surface area contributed by atoms with Crippen molar-refractivity contribution < 1.29 is 35.9 Å². The van der Waals surface area contributed by atoms with Crippen LogP contribution in [0.4, 0.5) is 32.3 Å². The summed E-state index contributed by atoms with van der Waals surface area (Å²) in [6.45, 7) is 1.49. The molecule has 2 unspecified atom stereocenters. The molecule has 0 aliphatic carbocycles. The van der Waals surface area contributed by atoms with Gasteiger partial charge in [-0.2, -0.15) is 27.1 Å². The van der Waals surface area contributed by atoms with E-state index in [1.807, 2.05) is 0 Å². The molecular weight excluding hydrogens is 530 g/mol. The zero-order chi connectivity index (χ0) is 28.9. The molecule has 1 saturated heterocycles. The Hall–Kier alpha value is -3.62. The van der Waals surface area contributed by atoms with Gasteiger partial charge in [0.25, 0.3) is 5.91 Å². The number of aryl methyl sites for hydroxylation is 1. The van der Waals surface area contributed by atoms with Gasteiger partial charge in [-0.15, -0.1) is 0 Å². The molecule has 4 rings (SSSR count). The number of nitrogens with zero attached hydrogens (tertiary/aromatic N) is 6. The fourth-order valence-electron chi connectivity index (χ4n) is 4.30. The number of hydrogen-bond acceptors (Lipinski definition) is 7. The Morgan fingerprint density at radius 2 is 1.79 bits per heavy atom. The smallest absolute Gasteiger partial charge is 0.364 e. The van der Waals surface area contributed by atoms with E-state index < -0.39 is 59.5 Å². The average molecular weight is 549 g/mol. The van der Waals surface area contributed by atoms with Crippen molar-refractivity contribution in [2.45, 2.75) is 43.6 Å². The summed E-state index contributed by atoms with van der Waals surface area (Å²) < 4.78 is 87.2. The molecule has 202 valence electrons. The van der Waals surface area contributed by atoms with E-state index in [-0.39, 0.29) is 17.0 Å². The minimum atomic E-state index is -4.71. The zero-order valence-electron chi connectivity index (χ0n) is 20.7. The summed E-state index contributed by atoms with van der Waals surface area (Å²) in [5, 5.41) is 4.27. The Kier molecular flexibility index (Phi) is 7.17. The van der Waals surface area contributed by atoms with Gasteiger partial charge in [-0.1, -0.05) is 0 Å². The maximum absolute atomic E-state index is 14.5. The van der Waals surface area contributed by atoms with Gasteiger partial charge in [0, 0.05) is 25.1 Å². The van der Waals surface area contributed by atoms with Crippen LogP contribution in [-0.4, -0.2) is 81.4 Å². The molecule has 1 aliphatic heterocycles. The molecule has 2 atom stereocenters. The van der Waals surface area contributed by atoms with E-state index in [9.17, 15) is 31.1 Å². The average Bonchev–Trinajstić information content (AvgIpc) is 3.11. The fraction of sp³-hybridized carbons (Fsp3) is 0.409. The molecule has 0 aromatic carbocycles. The number of hydrogen-bond donors (Lipinski definition) is 1. The summed E-state index contributed by atoms with van der Waals surface area (Å²) in [6.07, 6.45) is -8.15. The monoisotopic (exact) mass is 549 g/mol. The van der Waals surface area contributed by atoms with Crippen LogP contribution in [0.25, 0.3) is 11.3 Å². The summed E-state index contributed by atoms with van der Waals surface area (Å²) in [7, 11) is 13.9. The molecule has 0 saturated carbocycles. The van der Waals surface area contributed by atoms with Crippen LogP contribution in [0, 0.1) is 12.7 Å². The molecule has 3 aromatic heterocycles. The van der Waals surface area contributed by atoms with E-state index in [4.69, 9.17) is 20.4 Å². The van der Waals surface area contributed by atoms with Crippen molar-refractivity contribution in [2.24, 2.45) is 7.05 Å². The van der Waals surface area contributed by atoms with Gasteiger partial charge in [0.2, 0.25) is 5.95 Å². The second-order valence-electron chi connectivity index (χ2n) is 8.98. The predicted octanol–water partition coefficient (Wildman–Crippen LogP) is 2.66. The highest BCUT2D eigenvalue weighted by atomic mass is 19.4. The van der Waals surface area contributed by atoms with Crippen LogP contribution < -0.4 is 5.32 Å². The number of rotatable bonds is 5. The number of carbonyl (C=O) groups excluding carboxylic acids is 1. The maximum Gasteiger partial charge on any atom is 0.419 e. The highest BCUT2D eigenvalue weighted by Crippen LogP contribution is 2.36. The number of alkyl halides is 5. The molecule has 1 aliphatic rings. The first kappa shape index (κ1) is 28.4. The number of ether oxygens (including phenoxy) is 1. The lowest BCUT2D eigenvalue weighted by molar-refractivity contribution is -0.299. The topological polar surface area (TPSA) is 98.1 Å². The van der Waals surface area contributed by atoms with Gasteiger partial charge < -0.3 is 15.0 Å². The minimum Gasteiger partial charge on any atom is -0.364 e. The Bertz CT molecular complexity index is 1370. The van der Waals surface area contributed by atoms with Gasteiger partial charge in [-0.25, -0.2) is 14.4 Å². The number of halogens is 6. The first-order valence-electron chi connectivity index (χ1n) is 11.3. The number of nitrogens with one attached hydrogen (secondary N) is 1. The molecular formula is C22H19B2F6N7O2. The summed E-state index contributed by atoms with van der Waals surface area (Å²) in [6, 6.07) is 0.867. The number of pyridine rings is 1. The van der Waals surface area contributed by atoms with Crippen LogP contribution in [0.1, 0.15) is 28.7 Å². The van der Waals surface area contributed by atoms with E-state index >= 15 is 0 Å². The van der Waals surface area contributed by atoms with Gasteiger partial charge in [0.15, 0.2) is 5.69 Å². The third-order valence-electron chi connectivity index (χ3n) is 6.07. The second-order valence-corrected chi connectivity index (χ2v) is 8.98. The van der Waals surface area contributed by atoms with E-state index in [1.54, 1.807) is 6.92 Å². The lowest BCUT2D eigenvalue weighted by Gasteiger charge is -2.50. The van der Waals surface area contributed by atoms with Crippen molar-refractivity contribution in [2.75, 3.05) is 11.9 Å². The second kappa shape index (κ2) is 9.84. The first-order valence-corrected chi connectivity index (χ1v) is 11.3. The third-order valence-corrected chi connectivity index (χ3v) is 6.07. The van der Waals surface area contributed by atoms with Crippen molar-refractivity contribution in [1.29, 1.82) is 0 Å². The van der Waals surface area contributed by atoms with Crippen molar-refractivity contribution in [3.8, 4) is 11.3 Å². The van der Waals surface area contributed by atoms with Crippen molar-refractivity contribution >= 4 is 27.5 Å². The highest BCUT2D eigenvalue weighted by molar-refractivity contribution is 6.42. The largest absolute Gasteiger partial charge is 0.419 e. The summed E-state index contributed by atoms with van der Waals surface area (Å²) >= 11 is 0. The third kappa shape index (κ3) is 5.72. The number of amides is 1. The number of carbonyl (C=O) groups is 1. The van der Waals surface area contributed by atoms with E-state index in [1.165, 1.54) is 24.7 Å². The fourth-order valence-corrected chi connectivity index (χ4v) is 4.30. The molecule has 1 amide bonds. The van der Waals surface area contributed by atoms with Gasteiger partial charge >= 0.3 is 12.3 Å². The summed E-state index contributed by atoms with van der Waals surface area (Å²) in [4.78, 5) is 25.5.